The molecule has 0 aliphatic heterocycles. The van der Waals surface area contributed by atoms with E-state index >= 15 is 0 Å². The standard InChI is InChI=1S/C11H25NO2/c1-8(2)11(5,14)6-10(13)7-12-9(3)4/h8-10,12-14H,6-7H2,1-5H3/t10-,11-/m1/s1. The van der Waals surface area contributed by atoms with Crippen LogP contribution in [0.25, 0.3) is 0 Å². The molecule has 0 fully saturated rings. The van der Waals surface area contributed by atoms with E-state index in [0.29, 0.717) is 19.0 Å². The molecule has 0 aromatic carbocycles. The van der Waals surface area contributed by atoms with E-state index in [-0.39, 0.29) is 5.92 Å². The maximum absolute atomic E-state index is 9.94. The SMILES string of the molecule is CC(C)NC[C@H](O)C[C@@](C)(O)C(C)C. The Morgan fingerprint density at radius 2 is 1.71 bits per heavy atom. The van der Waals surface area contributed by atoms with Crippen LogP contribution in [0, 0.1) is 5.92 Å². The zero-order valence-electron chi connectivity index (χ0n) is 10.0. The third-order valence-corrected chi connectivity index (χ3v) is 2.65. The van der Waals surface area contributed by atoms with Gasteiger partial charge in [0.2, 0.25) is 0 Å². The van der Waals surface area contributed by atoms with Gasteiger partial charge in [-0.1, -0.05) is 27.7 Å². The summed E-state index contributed by atoms with van der Waals surface area (Å²) in [6.07, 6.45) is -0.0560. The number of aliphatic hydroxyl groups excluding tert-OH is 1. The fourth-order valence-electron chi connectivity index (χ4n) is 1.16. The van der Waals surface area contributed by atoms with E-state index in [4.69, 9.17) is 0 Å². The second kappa shape index (κ2) is 5.69. The Kier molecular flexibility index (Phi) is 5.64. The van der Waals surface area contributed by atoms with Crippen LogP contribution in [0.2, 0.25) is 0 Å². The lowest BCUT2D eigenvalue weighted by molar-refractivity contribution is -0.0306. The highest BCUT2D eigenvalue weighted by Crippen LogP contribution is 2.21. The molecule has 0 rings (SSSR count). The maximum Gasteiger partial charge on any atom is 0.0692 e. The molecule has 0 heterocycles. The van der Waals surface area contributed by atoms with Gasteiger partial charge in [0.15, 0.2) is 0 Å². The molecule has 3 heteroatoms. The molecule has 2 atom stereocenters. The Morgan fingerprint density at radius 3 is 2.07 bits per heavy atom. The van der Waals surface area contributed by atoms with Crippen LogP contribution in [-0.2, 0) is 0 Å². The molecule has 14 heavy (non-hydrogen) atoms. The zero-order chi connectivity index (χ0) is 11.4. The second-order valence-electron chi connectivity index (χ2n) is 4.93. The highest BCUT2D eigenvalue weighted by atomic mass is 16.3. The van der Waals surface area contributed by atoms with Gasteiger partial charge < -0.3 is 15.5 Å². The zero-order valence-corrected chi connectivity index (χ0v) is 10.0. The normalized spacial score (nSPS) is 18.6. The van der Waals surface area contributed by atoms with Gasteiger partial charge >= 0.3 is 0 Å². The highest BCUT2D eigenvalue weighted by Gasteiger charge is 2.27. The van der Waals surface area contributed by atoms with Crippen LogP contribution in [-0.4, -0.2) is 34.5 Å². The summed E-state index contributed by atoms with van der Waals surface area (Å²) in [6.45, 7) is 10.3. The lowest BCUT2D eigenvalue weighted by Crippen LogP contribution is -2.40. The molecule has 0 radical (unpaired) electrons. The van der Waals surface area contributed by atoms with Crippen LogP contribution in [0.4, 0.5) is 0 Å². The maximum atomic E-state index is 9.94. The van der Waals surface area contributed by atoms with Crippen LogP contribution in [0.3, 0.4) is 0 Å². The fraction of sp³-hybridized carbons (Fsp3) is 1.00. The number of aliphatic hydroxyl groups is 2. The van der Waals surface area contributed by atoms with Crippen molar-refractivity contribution >= 4 is 0 Å². The predicted octanol–water partition coefficient (Wildman–Crippen LogP) is 1.14. The van der Waals surface area contributed by atoms with E-state index < -0.39 is 11.7 Å². The van der Waals surface area contributed by atoms with Crippen LogP contribution in [0.15, 0.2) is 0 Å². The summed E-state index contributed by atoms with van der Waals surface area (Å²) in [6, 6.07) is 0.369. The first-order valence-electron chi connectivity index (χ1n) is 5.39. The quantitative estimate of drug-likeness (QED) is 0.607. The molecule has 0 aliphatic carbocycles. The third-order valence-electron chi connectivity index (χ3n) is 2.65. The first kappa shape index (κ1) is 13.9. The minimum Gasteiger partial charge on any atom is -0.392 e. The summed E-state index contributed by atoms with van der Waals surface area (Å²) in [5, 5.41) is 22.7. The molecular formula is C11H25NO2. The molecule has 0 aromatic heterocycles. The monoisotopic (exact) mass is 203 g/mol. The Hall–Kier alpha value is -0.120. The Bertz CT molecular complexity index is 155. The Labute approximate surface area is 87.5 Å². The largest absolute Gasteiger partial charge is 0.392 e. The van der Waals surface area contributed by atoms with E-state index in [1.54, 1.807) is 6.92 Å². The van der Waals surface area contributed by atoms with Crippen molar-refractivity contribution < 1.29 is 10.2 Å². The minimum absolute atomic E-state index is 0.163. The van der Waals surface area contributed by atoms with Crippen molar-refractivity contribution in [3.05, 3.63) is 0 Å². The van der Waals surface area contributed by atoms with Crippen LogP contribution < -0.4 is 5.32 Å². The van der Waals surface area contributed by atoms with Gasteiger partial charge in [0.25, 0.3) is 0 Å². The average Bonchev–Trinajstić information content (AvgIpc) is 1.99. The molecule has 0 aliphatic rings. The lowest BCUT2D eigenvalue weighted by Gasteiger charge is -2.30. The first-order chi connectivity index (χ1) is 6.25. The summed E-state index contributed by atoms with van der Waals surface area (Å²) in [4.78, 5) is 0. The third kappa shape index (κ3) is 5.58. The van der Waals surface area contributed by atoms with Gasteiger partial charge in [0.05, 0.1) is 11.7 Å². The first-order valence-corrected chi connectivity index (χ1v) is 5.39. The highest BCUT2D eigenvalue weighted by molar-refractivity contribution is 4.80. The Morgan fingerprint density at radius 1 is 1.21 bits per heavy atom. The second-order valence-corrected chi connectivity index (χ2v) is 4.93. The number of rotatable bonds is 6. The van der Waals surface area contributed by atoms with Crippen LogP contribution in [0.5, 0.6) is 0 Å². The molecule has 0 unspecified atom stereocenters. The van der Waals surface area contributed by atoms with Crippen molar-refractivity contribution in [1.29, 1.82) is 0 Å². The molecular weight excluding hydrogens is 178 g/mol. The predicted molar refractivity (Wildman–Crippen MR) is 59.2 cm³/mol. The molecule has 0 bridgehead atoms. The summed E-state index contributed by atoms with van der Waals surface area (Å²) in [5.41, 5.74) is -0.780. The van der Waals surface area contributed by atoms with Crippen molar-refractivity contribution in [2.75, 3.05) is 6.54 Å². The minimum atomic E-state index is -0.780. The smallest absolute Gasteiger partial charge is 0.0692 e. The Balaban J connectivity index is 3.87. The number of hydrogen-bond acceptors (Lipinski definition) is 3. The lowest BCUT2D eigenvalue weighted by atomic mass is 9.87. The molecule has 0 saturated heterocycles. The molecule has 3 N–H and O–H groups in total. The molecule has 0 saturated carbocycles. The van der Waals surface area contributed by atoms with E-state index in [9.17, 15) is 10.2 Å². The number of nitrogens with one attached hydrogen (secondary N) is 1. The molecule has 0 amide bonds. The van der Waals surface area contributed by atoms with E-state index in [1.165, 1.54) is 0 Å². The van der Waals surface area contributed by atoms with Crippen molar-refractivity contribution in [3.63, 3.8) is 0 Å². The summed E-state index contributed by atoms with van der Waals surface area (Å²) in [5.74, 6) is 0.163. The van der Waals surface area contributed by atoms with Gasteiger partial charge in [0, 0.05) is 19.0 Å². The van der Waals surface area contributed by atoms with E-state index in [0.717, 1.165) is 0 Å². The van der Waals surface area contributed by atoms with E-state index in [2.05, 4.69) is 5.32 Å². The van der Waals surface area contributed by atoms with Gasteiger partial charge in [-0.05, 0) is 12.8 Å². The van der Waals surface area contributed by atoms with Gasteiger partial charge in [-0.2, -0.15) is 0 Å². The summed E-state index contributed by atoms with van der Waals surface area (Å²) in [7, 11) is 0. The molecule has 0 aromatic rings. The number of hydrogen-bond donors (Lipinski definition) is 3. The summed E-state index contributed by atoms with van der Waals surface area (Å²) < 4.78 is 0. The van der Waals surface area contributed by atoms with Gasteiger partial charge in [0.1, 0.15) is 0 Å². The van der Waals surface area contributed by atoms with Gasteiger partial charge in [-0.3, -0.25) is 0 Å². The molecule has 3 nitrogen and oxygen atoms in total. The van der Waals surface area contributed by atoms with E-state index in [1.807, 2.05) is 27.7 Å². The topological polar surface area (TPSA) is 52.5 Å². The molecule has 86 valence electrons. The fourth-order valence-corrected chi connectivity index (χ4v) is 1.16. The van der Waals surface area contributed by atoms with Crippen LogP contribution in [0.1, 0.15) is 41.0 Å². The molecule has 0 spiro atoms. The van der Waals surface area contributed by atoms with Crippen LogP contribution >= 0.6 is 0 Å². The van der Waals surface area contributed by atoms with Crippen molar-refractivity contribution in [1.82, 2.24) is 5.32 Å². The van der Waals surface area contributed by atoms with Crippen molar-refractivity contribution in [2.45, 2.75) is 58.8 Å². The van der Waals surface area contributed by atoms with Gasteiger partial charge in [-0.25, -0.2) is 0 Å². The average molecular weight is 203 g/mol. The van der Waals surface area contributed by atoms with Crippen molar-refractivity contribution in [3.8, 4) is 0 Å². The van der Waals surface area contributed by atoms with Gasteiger partial charge in [-0.15, -0.1) is 0 Å². The summed E-state index contributed by atoms with van der Waals surface area (Å²) >= 11 is 0. The van der Waals surface area contributed by atoms with Crippen molar-refractivity contribution in [2.24, 2.45) is 5.92 Å².